The fourth-order valence-corrected chi connectivity index (χ4v) is 2.54. The van der Waals surface area contributed by atoms with E-state index < -0.39 is 0 Å². The van der Waals surface area contributed by atoms with Gasteiger partial charge < -0.3 is 10.1 Å². The van der Waals surface area contributed by atoms with Crippen LogP contribution in [-0.2, 0) is 4.79 Å². The van der Waals surface area contributed by atoms with E-state index in [0.29, 0.717) is 25.2 Å². The normalized spacial score (nSPS) is 10.3. The van der Waals surface area contributed by atoms with Crippen LogP contribution < -0.4 is 10.1 Å². The van der Waals surface area contributed by atoms with Crippen molar-refractivity contribution < 1.29 is 13.9 Å². The minimum Gasteiger partial charge on any atom is -0.494 e. The Morgan fingerprint density at radius 3 is 2.50 bits per heavy atom. The lowest BCUT2D eigenvalue weighted by Gasteiger charge is -2.11. The van der Waals surface area contributed by atoms with Crippen molar-refractivity contribution in [2.24, 2.45) is 0 Å². The number of carbonyl (C=O) groups excluding carboxylic acids is 1. The van der Waals surface area contributed by atoms with Crippen molar-refractivity contribution in [3.05, 3.63) is 78.9 Å². The first-order chi connectivity index (χ1) is 12.7. The summed E-state index contributed by atoms with van der Waals surface area (Å²) in [6.45, 7) is 0.394. The van der Waals surface area contributed by atoms with Gasteiger partial charge in [0.1, 0.15) is 11.6 Å². The third kappa shape index (κ3) is 4.89. The summed E-state index contributed by atoms with van der Waals surface area (Å²) in [5.74, 6) is 0.216. The number of nitrogens with one attached hydrogen (secondary N) is 1. The first-order valence-electron chi connectivity index (χ1n) is 8.40. The van der Waals surface area contributed by atoms with Gasteiger partial charge in [0, 0.05) is 30.1 Å². The number of carbonyl (C=O) groups is 1. The highest BCUT2D eigenvalue weighted by molar-refractivity contribution is 5.95. The van der Waals surface area contributed by atoms with Gasteiger partial charge in [-0.2, -0.15) is 0 Å². The fourth-order valence-electron chi connectivity index (χ4n) is 2.54. The zero-order chi connectivity index (χ0) is 18.2. The summed E-state index contributed by atoms with van der Waals surface area (Å²) in [6, 6.07) is 17.3. The molecule has 1 aromatic heterocycles. The quantitative estimate of drug-likeness (QED) is 0.629. The van der Waals surface area contributed by atoms with Gasteiger partial charge in [0.05, 0.1) is 6.61 Å². The Balaban J connectivity index is 1.52. The van der Waals surface area contributed by atoms with Gasteiger partial charge in [-0.1, -0.05) is 18.2 Å². The van der Waals surface area contributed by atoms with Crippen molar-refractivity contribution in [2.75, 3.05) is 11.9 Å². The first kappa shape index (κ1) is 17.6. The first-order valence-corrected chi connectivity index (χ1v) is 8.40. The minimum atomic E-state index is -0.301. The van der Waals surface area contributed by atoms with E-state index >= 15 is 0 Å². The molecule has 0 fully saturated rings. The molecule has 0 aliphatic carbocycles. The number of pyridine rings is 1. The van der Waals surface area contributed by atoms with Gasteiger partial charge in [0.25, 0.3) is 0 Å². The zero-order valence-electron chi connectivity index (χ0n) is 14.2. The molecule has 0 saturated carbocycles. The van der Waals surface area contributed by atoms with Crippen molar-refractivity contribution in [2.45, 2.75) is 12.8 Å². The second-order valence-electron chi connectivity index (χ2n) is 5.74. The van der Waals surface area contributed by atoms with Crippen LogP contribution in [0.5, 0.6) is 5.75 Å². The Morgan fingerprint density at radius 2 is 1.73 bits per heavy atom. The molecule has 26 heavy (non-hydrogen) atoms. The molecule has 3 aromatic rings. The molecule has 1 N–H and O–H groups in total. The summed E-state index contributed by atoms with van der Waals surface area (Å²) in [6.07, 6.45) is 4.36. The molecule has 3 rings (SSSR count). The third-order valence-corrected chi connectivity index (χ3v) is 3.82. The Bertz CT molecular complexity index is 851. The summed E-state index contributed by atoms with van der Waals surface area (Å²) in [7, 11) is 0. The van der Waals surface area contributed by atoms with Gasteiger partial charge in [-0.15, -0.1) is 0 Å². The Labute approximate surface area is 151 Å². The smallest absolute Gasteiger partial charge is 0.224 e. The molecule has 0 atom stereocenters. The van der Waals surface area contributed by atoms with Crippen LogP contribution >= 0.6 is 0 Å². The molecular weight excluding hydrogens is 331 g/mol. The number of benzene rings is 2. The van der Waals surface area contributed by atoms with Crippen LogP contribution in [-0.4, -0.2) is 17.5 Å². The predicted molar refractivity (Wildman–Crippen MR) is 99.4 cm³/mol. The number of halogens is 1. The SMILES string of the molecule is O=C(CCCOc1ccc(F)cc1)Nc1ccccc1-c1ccncc1. The minimum absolute atomic E-state index is 0.0748. The summed E-state index contributed by atoms with van der Waals surface area (Å²) in [5, 5.41) is 2.95. The van der Waals surface area contributed by atoms with Crippen molar-refractivity contribution in [3.63, 3.8) is 0 Å². The number of anilines is 1. The molecule has 132 valence electrons. The molecule has 0 aliphatic rings. The second kappa shape index (κ2) is 8.76. The molecule has 1 amide bonds. The molecule has 5 heteroatoms. The highest BCUT2D eigenvalue weighted by atomic mass is 19.1. The zero-order valence-corrected chi connectivity index (χ0v) is 14.2. The topological polar surface area (TPSA) is 51.2 Å². The average Bonchev–Trinajstić information content (AvgIpc) is 2.68. The number of hydrogen-bond acceptors (Lipinski definition) is 3. The van der Waals surface area contributed by atoms with E-state index in [1.54, 1.807) is 24.5 Å². The third-order valence-electron chi connectivity index (χ3n) is 3.82. The van der Waals surface area contributed by atoms with Crippen LogP contribution in [0.1, 0.15) is 12.8 Å². The van der Waals surface area contributed by atoms with E-state index in [1.807, 2.05) is 36.4 Å². The maximum absolute atomic E-state index is 12.8. The van der Waals surface area contributed by atoms with E-state index in [4.69, 9.17) is 4.74 Å². The molecule has 4 nitrogen and oxygen atoms in total. The maximum atomic E-state index is 12.8. The van der Waals surface area contributed by atoms with Crippen LogP contribution in [0.15, 0.2) is 73.1 Å². The van der Waals surface area contributed by atoms with Crippen molar-refractivity contribution in [1.29, 1.82) is 0 Å². The summed E-state index contributed by atoms with van der Waals surface area (Å²) in [5.41, 5.74) is 2.71. The molecule has 0 spiro atoms. The maximum Gasteiger partial charge on any atom is 0.224 e. The molecule has 0 unspecified atom stereocenters. The molecule has 0 radical (unpaired) electrons. The predicted octanol–water partition coefficient (Wildman–Crippen LogP) is 4.69. The van der Waals surface area contributed by atoms with Crippen LogP contribution in [0.3, 0.4) is 0 Å². The van der Waals surface area contributed by atoms with Crippen molar-refractivity contribution in [3.8, 4) is 16.9 Å². The molecule has 1 heterocycles. The summed E-state index contributed by atoms with van der Waals surface area (Å²) < 4.78 is 18.3. The largest absolute Gasteiger partial charge is 0.494 e. The molecule has 0 saturated heterocycles. The van der Waals surface area contributed by atoms with Gasteiger partial charge in [-0.25, -0.2) is 4.39 Å². The number of rotatable bonds is 7. The fraction of sp³-hybridized carbons (Fsp3) is 0.143. The van der Waals surface area contributed by atoms with E-state index in [9.17, 15) is 9.18 Å². The number of para-hydroxylation sites is 1. The lowest BCUT2D eigenvalue weighted by molar-refractivity contribution is -0.116. The lowest BCUT2D eigenvalue weighted by atomic mass is 10.0. The second-order valence-corrected chi connectivity index (χ2v) is 5.74. The number of hydrogen-bond donors (Lipinski definition) is 1. The average molecular weight is 350 g/mol. The van der Waals surface area contributed by atoms with Crippen LogP contribution in [0.4, 0.5) is 10.1 Å². The van der Waals surface area contributed by atoms with Crippen LogP contribution in [0.25, 0.3) is 11.1 Å². The summed E-state index contributed by atoms with van der Waals surface area (Å²) in [4.78, 5) is 16.2. The van der Waals surface area contributed by atoms with Crippen molar-refractivity contribution >= 4 is 11.6 Å². The lowest BCUT2D eigenvalue weighted by Crippen LogP contribution is -2.13. The molecule has 2 aromatic carbocycles. The Morgan fingerprint density at radius 1 is 1.00 bits per heavy atom. The number of amides is 1. The Hall–Kier alpha value is -3.21. The number of nitrogens with zero attached hydrogens (tertiary/aromatic N) is 1. The highest BCUT2D eigenvalue weighted by Gasteiger charge is 2.08. The number of ether oxygens (including phenoxy) is 1. The standard InChI is InChI=1S/C21H19FN2O2/c22-17-7-9-18(10-8-17)26-15-3-6-21(25)24-20-5-2-1-4-19(20)16-11-13-23-14-12-16/h1-2,4-5,7-14H,3,6,15H2,(H,24,25). The van der Waals surface area contributed by atoms with E-state index in [1.165, 1.54) is 12.1 Å². The van der Waals surface area contributed by atoms with Gasteiger partial charge >= 0.3 is 0 Å². The van der Waals surface area contributed by atoms with E-state index in [2.05, 4.69) is 10.3 Å². The van der Waals surface area contributed by atoms with Crippen molar-refractivity contribution in [1.82, 2.24) is 4.98 Å². The van der Waals surface area contributed by atoms with Crippen LogP contribution in [0.2, 0.25) is 0 Å². The molecular formula is C21H19FN2O2. The van der Waals surface area contributed by atoms with E-state index in [-0.39, 0.29) is 11.7 Å². The van der Waals surface area contributed by atoms with Gasteiger partial charge in [0.2, 0.25) is 5.91 Å². The molecule has 0 aliphatic heterocycles. The summed E-state index contributed by atoms with van der Waals surface area (Å²) >= 11 is 0. The van der Waals surface area contributed by atoms with Gasteiger partial charge in [-0.05, 0) is 54.4 Å². The number of aromatic nitrogens is 1. The van der Waals surface area contributed by atoms with Gasteiger partial charge in [0.15, 0.2) is 0 Å². The monoisotopic (exact) mass is 350 g/mol. The van der Waals surface area contributed by atoms with Gasteiger partial charge in [-0.3, -0.25) is 9.78 Å². The Kier molecular flexibility index (Phi) is 5.93. The van der Waals surface area contributed by atoms with Crippen LogP contribution in [0, 0.1) is 5.82 Å². The highest BCUT2D eigenvalue weighted by Crippen LogP contribution is 2.27. The van der Waals surface area contributed by atoms with E-state index in [0.717, 1.165) is 16.8 Å². The molecule has 0 bridgehead atoms.